The van der Waals surface area contributed by atoms with Crippen molar-refractivity contribution in [2.75, 3.05) is 19.7 Å². The van der Waals surface area contributed by atoms with E-state index in [0.29, 0.717) is 19.7 Å². The zero-order valence-electron chi connectivity index (χ0n) is 15.7. The van der Waals surface area contributed by atoms with Crippen LogP contribution in [0.1, 0.15) is 44.1 Å². The van der Waals surface area contributed by atoms with Crippen molar-refractivity contribution >= 4 is 22.9 Å². The lowest BCUT2D eigenvalue weighted by atomic mass is 9.82. The zero-order valence-corrected chi connectivity index (χ0v) is 15.7. The number of fused-ring (bicyclic) bond motifs is 1. The Morgan fingerprint density at radius 3 is 3.04 bits per heavy atom. The first-order valence-electron chi connectivity index (χ1n) is 9.97. The van der Waals surface area contributed by atoms with Gasteiger partial charge in [0, 0.05) is 42.1 Å². The van der Waals surface area contributed by atoms with Gasteiger partial charge in [0.25, 0.3) is 0 Å². The van der Waals surface area contributed by atoms with E-state index in [1.54, 1.807) is 0 Å². The number of nitrogens with zero attached hydrogens (tertiary/aromatic N) is 1. The highest BCUT2D eigenvalue weighted by Gasteiger charge is 2.46. The molecular formula is C21H27N3O3. The molecule has 2 N–H and O–H groups in total. The van der Waals surface area contributed by atoms with Gasteiger partial charge in [-0.25, -0.2) is 4.79 Å². The van der Waals surface area contributed by atoms with Crippen molar-refractivity contribution in [3.05, 3.63) is 36.0 Å². The molecule has 0 saturated carbocycles. The third kappa shape index (κ3) is 3.29. The summed E-state index contributed by atoms with van der Waals surface area (Å²) in [5, 5.41) is 4.11. The number of amides is 2. The van der Waals surface area contributed by atoms with Crippen LogP contribution >= 0.6 is 0 Å². The minimum Gasteiger partial charge on any atom is -0.449 e. The number of hydrogen-bond acceptors (Lipinski definition) is 3. The Bertz CT molecular complexity index is 831. The van der Waals surface area contributed by atoms with E-state index in [1.807, 2.05) is 29.3 Å². The molecule has 1 aromatic carbocycles. The summed E-state index contributed by atoms with van der Waals surface area (Å²) >= 11 is 0. The Morgan fingerprint density at radius 2 is 2.19 bits per heavy atom. The summed E-state index contributed by atoms with van der Waals surface area (Å²) in [6.07, 6.45) is 5.47. The molecule has 6 heteroatoms. The Kier molecular flexibility index (Phi) is 5.05. The molecule has 0 spiro atoms. The zero-order chi connectivity index (χ0) is 18.8. The first-order valence-corrected chi connectivity index (χ1v) is 9.97. The highest BCUT2D eigenvalue weighted by atomic mass is 16.6. The maximum atomic E-state index is 12.7. The normalized spacial score (nSPS) is 25.1. The fourth-order valence-electron chi connectivity index (χ4n) is 4.57. The Balaban J connectivity index is 1.58. The third-order valence-corrected chi connectivity index (χ3v) is 5.93. The SMILES string of the molecule is CCCCOC(=O)N1CCC[C@H]1C1CNC(=O)C1c1c[nH]c2ccccc12. The van der Waals surface area contributed by atoms with Gasteiger partial charge in [-0.05, 0) is 30.9 Å². The molecule has 0 bridgehead atoms. The lowest BCUT2D eigenvalue weighted by Crippen LogP contribution is -2.42. The lowest BCUT2D eigenvalue weighted by molar-refractivity contribution is -0.120. The average Bonchev–Trinajstić information content (AvgIpc) is 3.39. The number of carbonyl (C=O) groups excluding carboxylic acids is 2. The van der Waals surface area contributed by atoms with E-state index in [1.165, 1.54) is 0 Å². The molecule has 2 fully saturated rings. The summed E-state index contributed by atoms with van der Waals surface area (Å²) in [5.41, 5.74) is 2.06. The number of unbranched alkanes of at least 4 members (excludes halogenated alkanes) is 1. The number of rotatable bonds is 5. The van der Waals surface area contributed by atoms with E-state index in [-0.39, 0.29) is 29.9 Å². The number of carbonyl (C=O) groups is 2. The molecule has 0 radical (unpaired) electrons. The van der Waals surface area contributed by atoms with E-state index >= 15 is 0 Å². The summed E-state index contributed by atoms with van der Waals surface area (Å²) in [5.74, 6) is -0.121. The minimum absolute atomic E-state index is 0.0386. The fourth-order valence-corrected chi connectivity index (χ4v) is 4.57. The standard InChI is InChI=1S/C21H27N3O3/c1-2-3-11-27-21(26)24-10-6-9-18(24)16-13-23-20(25)19(16)15-12-22-17-8-5-4-7-14(15)17/h4-5,7-8,12,16,18-19,22H,2-3,6,9-11,13H2,1H3,(H,23,25)/t16?,18-,19?/m0/s1. The first kappa shape index (κ1) is 17.9. The van der Waals surface area contributed by atoms with Gasteiger partial charge in [-0.2, -0.15) is 0 Å². The smallest absolute Gasteiger partial charge is 0.410 e. The lowest BCUT2D eigenvalue weighted by Gasteiger charge is -2.31. The topological polar surface area (TPSA) is 74.4 Å². The van der Waals surface area contributed by atoms with Crippen LogP contribution in [0.3, 0.4) is 0 Å². The van der Waals surface area contributed by atoms with E-state index < -0.39 is 0 Å². The van der Waals surface area contributed by atoms with Crippen LogP contribution in [0.25, 0.3) is 10.9 Å². The number of aromatic nitrogens is 1. The molecule has 27 heavy (non-hydrogen) atoms. The molecule has 2 amide bonds. The minimum atomic E-state index is -0.241. The second kappa shape index (κ2) is 7.62. The van der Waals surface area contributed by atoms with E-state index in [9.17, 15) is 9.59 Å². The predicted molar refractivity (Wildman–Crippen MR) is 104 cm³/mol. The quantitative estimate of drug-likeness (QED) is 0.793. The van der Waals surface area contributed by atoms with Crippen LogP contribution in [-0.4, -0.2) is 47.6 Å². The van der Waals surface area contributed by atoms with E-state index in [2.05, 4.69) is 23.3 Å². The van der Waals surface area contributed by atoms with Gasteiger partial charge in [-0.15, -0.1) is 0 Å². The maximum Gasteiger partial charge on any atom is 0.410 e. The predicted octanol–water partition coefficient (Wildman–Crippen LogP) is 3.40. The molecule has 3 heterocycles. The number of hydrogen-bond donors (Lipinski definition) is 2. The number of para-hydroxylation sites is 1. The van der Waals surface area contributed by atoms with Crippen LogP contribution in [0.2, 0.25) is 0 Å². The van der Waals surface area contributed by atoms with Crippen molar-refractivity contribution in [1.29, 1.82) is 0 Å². The highest BCUT2D eigenvalue weighted by Crippen LogP contribution is 2.40. The molecule has 144 valence electrons. The van der Waals surface area contributed by atoms with Gasteiger partial charge in [0.1, 0.15) is 0 Å². The van der Waals surface area contributed by atoms with Gasteiger partial charge in [0.15, 0.2) is 0 Å². The summed E-state index contributed by atoms with van der Waals surface area (Å²) in [4.78, 5) is 30.4. The molecule has 2 saturated heterocycles. The van der Waals surface area contributed by atoms with Gasteiger partial charge in [0.05, 0.1) is 12.5 Å². The van der Waals surface area contributed by atoms with Gasteiger partial charge in [-0.1, -0.05) is 31.5 Å². The van der Waals surface area contributed by atoms with Crippen LogP contribution < -0.4 is 5.32 Å². The molecular weight excluding hydrogens is 342 g/mol. The van der Waals surface area contributed by atoms with Crippen LogP contribution in [-0.2, 0) is 9.53 Å². The van der Waals surface area contributed by atoms with Gasteiger partial charge in [-0.3, -0.25) is 4.79 Å². The fraction of sp³-hybridized carbons (Fsp3) is 0.524. The number of H-pyrrole nitrogens is 1. The molecule has 6 nitrogen and oxygen atoms in total. The van der Waals surface area contributed by atoms with E-state index in [0.717, 1.165) is 42.1 Å². The van der Waals surface area contributed by atoms with Crippen molar-refractivity contribution in [1.82, 2.24) is 15.2 Å². The second-order valence-electron chi connectivity index (χ2n) is 7.55. The second-order valence-corrected chi connectivity index (χ2v) is 7.55. The van der Waals surface area contributed by atoms with Gasteiger partial charge < -0.3 is 19.9 Å². The van der Waals surface area contributed by atoms with Gasteiger partial charge >= 0.3 is 6.09 Å². The third-order valence-electron chi connectivity index (χ3n) is 5.93. The average molecular weight is 369 g/mol. The summed E-state index contributed by atoms with van der Waals surface area (Å²) in [7, 11) is 0. The summed E-state index contributed by atoms with van der Waals surface area (Å²) < 4.78 is 5.45. The number of likely N-dealkylation sites (tertiary alicyclic amines) is 1. The maximum absolute atomic E-state index is 12.7. The van der Waals surface area contributed by atoms with E-state index in [4.69, 9.17) is 4.74 Å². The highest BCUT2D eigenvalue weighted by molar-refractivity contribution is 5.93. The summed E-state index contributed by atoms with van der Waals surface area (Å²) in [6.45, 7) is 3.85. The van der Waals surface area contributed by atoms with Crippen LogP contribution in [0.5, 0.6) is 0 Å². The molecule has 2 aliphatic heterocycles. The number of benzene rings is 1. The molecule has 0 aliphatic carbocycles. The molecule has 4 rings (SSSR count). The van der Waals surface area contributed by atoms with Crippen molar-refractivity contribution in [2.24, 2.45) is 5.92 Å². The first-order chi connectivity index (χ1) is 13.2. The molecule has 2 aliphatic rings. The van der Waals surface area contributed by atoms with Crippen molar-refractivity contribution < 1.29 is 14.3 Å². The molecule has 1 aromatic heterocycles. The number of nitrogens with one attached hydrogen (secondary N) is 2. The Labute approximate surface area is 159 Å². The molecule has 2 unspecified atom stereocenters. The Morgan fingerprint density at radius 1 is 1.33 bits per heavy atom. The van der Waals surface area contributed by atoms with Crippen molar-refractivity contribution in [3.8, 4) is 0 Å². The number of ether oxygens (including phenoxy) is 1. The molecule has 2 aromatic rings. The van der Waals surface area contributed by atoms with Gasteiger partial charge in [0.2, 0.25) is 5.91 Å². The molecule has 3 atom stereocenters. The Hall–Kier alpha value is -2.50. The van der Waals surface area contributed by atoms with Crippen LogP contribution in [0.4, 0.5) is 4.79 Å². The van der Waals surface area contributed by atoms with Crippen molar-refractivity contribution in [2.45, 2.75) is 44.6 Å². The van der Waals surface area contributed by atoms with Crippen LogP contribution in [0.15, 0.2) is 30.5 Å². The van der Waals surface area contributed by atoms with Crippen molar-refractivity contribution in [3.63, 3.8) is 0 Å². The summed E-state index contributed by atoms with van der Waals surface area (Å²) in [6, 6.07) is 8.09. The number of aromatic amines is 1. The van der Waals surface area contributed by atoms with Crippen LogP contribution in [0, 0.1) is 5.92 Å². The largest absolute Gasteiger partial charge is 0.449 e. The monoisotopic (exact) mass is 369 g/mol.